The molecule has 1 rings (SSSR count). The van der Waals surface area contributed by atoms with Crippen molar-refractivity contribution in [2.24, 2.45) is 11.7 Å². The van der Waals surface area contributed by atoms with Gasteiger partial charge in [-0.25, -0.2) is 0 Å². The summed E-state index contributed by atoms with van der Waals surface area (Å²) < 4.78 is 36.7. The number of hydrogen-bond acceptors (Lipinski definition) is 4. The smallest absolute Gasteiger partial charge is 0.368 e. The molecule has 0 spiro atoms. The number of alkyl halides is 3. The lowest BCUT2D eigenvalue weighted by Crippen LogP contribution is -2.59. The molecule has 0 bridgehead atoms. The predicted molar refractivity (Wildman–Crippen MR) is 67.9 cm³/mol. The number of nitrogens with zero attached hydrogens (tertiary/aromatic N) is 1. The van der Waals surface area contributed by atoms with E-state index in [0.29, 0.717) is 0 Å². The zero-order valence-electron chi connectivity index (χ0n) is 12.1. The molecule has 22 heavy (non-hydrogen) atoms. The van der Waals surface area contributed by atoms with E-state index >= 15 is 0 Å². The summed E-state index contributed by atoms with van der Waals surface area (Å²) in [5.41, 5.74) is 2.52. The Bertz CT molecular complexity index is 481. The standard InChI is InChI=1S/C12H18F3N3O4/c1-6(2)5-7(8(16)19)18-4-3-11(22,10(18)21)17-9(20)12(13,14)15/h6-7,22H,3-5H2,1-2H3,(H2,16,19)(H,17,20). The van der Waals surface area contributed by atoms with Gasteiger partial charge >= 0.3 is 12.1 Å². The highest BCUT2D eigenvalue weighted by Crippen LogP contribution is 2.26. The fourth-order valence-electron chi connectivity index (χ4n) is 2.24. The Morgan fingerprint density at radius 2 is 2.00 bits per heavy atom. The van der Waals surface area contributed by atoms with Gasteiger partial charge in [0.25, 0.3) is 5.91 Å². The summed E-state index contributed by atoms with van der Waals surface area (Å²) >= 11 is 0. The molecule has 0 aromatic rings. The Morgan fingerprint density at radius 3 is 2.41 bits per heavy atom. The molecule has 126 valence electrons. The van der Waals surface area contributed by atoms with Gasteiger partial charge < -0.3 is 21.1 Å². The highest BCUT2D eigenvalue weighted by Gasteiger charge is 2.53. The third-order valence-electron chi connectivity index (χ3n) is 3.31. The summed E-state index contributed by atoms with van der Waals surface area (Å²) in [5, 5.41) is 11.2. The van der Waals surface area contributed by atoms with Gasteiger partial charge in [-0.2, -0.15) is 13.2 Å². The number of carbonyl (C=O) groups excluding carboxylic acids is 3. The Labute approximate surface area is 124 Å². The van der Waals surface area contributed by atoms with E-state index in [1.807, 2.05) is 0 Å². The van der Waals surface area contributed by atoms with Crippen molar-refractivity contribution in [1.82, 2.24) is 10.2 Å². The van der Waals surface area contributed by atoms with E-state index in [9.17, 15) is 32.7 Å². The molecule has 3 amide bonds. The van der Waals surface area contributed by atoms with Crippen LogP contribution in [0, 0.1) is 5.92 Å². The summed E-state index contributed by atoms with van der Waals surface area (Å²) in [6.45, 7) is 3.36. The Kier molecular flexibility index (Phi) is 5.06. The van der Waals surface area contributed by atoms with Crippen LogP contribution < -0.4 is 11.1 Å². The molecule has 1 aliphatic rings. The van der Waals surface area contributed by atoms with Crippen LogP contribution in [0.4, 0.5) is 13.2 Å². The Balaban J connectivity index is 2.91. The third kappa shape index (κ3) is 3.87. The van der Waals surface area contributed by atoms with Crippen molar-refractivity contribution in [1.29, 1.82) is 0 Å². The first-order chi connectivity index (χ1) is 9.88. The van der Waals surface area contributed by atoms with Gasteiger partial charge in [0, 0.05) is 13.0 Å². The molecule has 1 heterocycles. The number of likely N-dealkylation sites (tertiary alicyclic amines) is 1. The van der Waals surface area contributed by atoms with Gasteiger partial charge in [-0.3, -0.25) is 14.4 Å². The van der Waals surface area contributed by atoms with Crippen LogP contribution in [-0.2, 0) is 14.4 Å². The molecule has 1 aliphatic heterocycles. The molecular weight excluding hydrogens is 307 g/mol. The summed E-state index contributed by atoms with van der Waals surface area (Å²) in [4.78, 5) is 35.3. The first-order valence-electron chi connectivity index (χ1n) is 6.60. The number of aliphatic hydroxyl groups is 1. The predicted octanol–water partition coefficient (Wildman–Crippen LogP) is -0.514. The molecule has 0 aromatic carbocycles. The number of carbonyl (C=O) groups is 3. The van der Waals surface area contributed by atoms with Crippen molar-refractivity contribution in [3.05, 3.63) is 0 Å². The largest absolute Gasteiger partial charge is 0.471 e. The Morgan fingerprint density at radius 1 is 1.45 bits per heavy atom. The number of halogens is 3. The molecule has 2 unspecified atom stereocenters. The van der Waals surface area contributed by atoms with Crippen LogP contribution in [0.3, 0.4) is 0 Å². The topological polar surface area (TPSA) is 113 Å². The van der Waals surface area contributed by atoms with E-state index in [4.69, 9.17) is 5.73 Å². The summed E-state index contributed by atoms with van der Waals surface area (Å²) in [5.74, 6) is -4.43. The lowest BCUT2D eigenvalue weighted by Gasteiger charge is -2.29. The minimum atomic E-state index is -5.23. The number of hydrogen-bond donors (Lipinski definition) is 3. The minimum absolute atomic E-state index is 0.0104. The fraction of sp³-hybridized carbons (Fsp3) is 0.750. The number of amides is 3. The molecule has 0 aromatic heterocycles. The van der Waals surface area contributed by atoms with Crippen molar-refractivity contribution in [3.63, 3.8) is 0 Å². The van der Waals surface area contributed by atoms with Crippen LogP contribution in [-0.4, -0.2) is 52.2 Å². The molecule has 0 radical (unpaired) electrons. The van der Waals surface area contributed by atoms with E-state index in [0.717, 1.165) is 4.90 Å². The van der Waals surface area contributed by atoms with Crippen LogP contribution >= 0.6 is 0 Å². The van der Waals surface area contributed by atoms with Gasteiger partial charge in [0.15, 0.2) is 0 Å². The molecule has 2 atom stereocenters. The monoisotopic (exact) mass is 325 g/mol. The van der Waals surface area contributed by atoms with Crippen molar-refractivity contribution >= 4 is 17.7 Å². The highest BCUT2D eigenvalue weighted by atomic mass is 19.4. The van der Waals surface area contributed by atoms with E-state index in [2.05, 4.69) is 0 Å². The quantitative estimate of drug-likeness (QED) is 0.591. The van der Waals surface area contributed by atoms with E-state index in [1.165, 1.54) is 5.32 Å². The molecule has 0 aliphatic carbocycles. The summed E-state index contributed by atoms with van der Waals surface area (Å²) in [6.07, 6.45) is -5.50. The second kappa shape index (κ2) is 6.11. The maximum atomic E-state index is 12.2. The summed E-state index contributed by atoms with van der Waals surface area (Å²) in [7, 11) is 0. The first-order valence-corrected chi connectivity index (χ1v) is 6.60. The van der Waals surface area contributed by atoms with Crippen LogP contribution in [0.25, 0.3) is 0 Å². The van der Waals surface area contributed by atoms with Gasteiger partial charge in [-0.05, 0) is 12.3 Å². The van der Waals surface area contributed by atoms with Gasteiger partial charge in [0.2, 0.25) is 11.6 Å². The van der Waals surface area contributed by atoms with Crippen LogP contribution in [0.15, 0.2) is 0 Å². The molecule has 10 heteroatoms. The molecule has 1 fully saturated rings. The van der Waals surface area contributed by atoms with Crippen molar-refractivity contribution in [2.45, 2.75) is 44.6 Å². The van der Waals surface area contributed by atoms with Crippen molar-refractivity contribution in [3.8, 4) is 0 Å². The lowest BCUT2D eigenvalue weighted by molar-refractivity contribution is -0.182. The SMILES string of the molecule is CC(C)CC(C(N)=O)N1CCC(O)(NC(=O)C(F)(F)F)C1=O. The van der Waals surface area contributed by atoms with Crippen LogP contribution in [0.5, 0.6) is 0 Å². The second-order valence-electron chi connectivity index (χ2n) is 5.61. The molecule has 4 N–H and O–H groups in total. The maximum Gasteiger partial charge on any atom is 0.471 e. The van der Waals surface area contributed by atoms with E-state index < -0.39 is 42.1 Å². The van der Waals surface area contributed by atoms with E-state index in [-0.39, 0.29) is 18.9 Å². The number of primary amides is 1. The third-order valence-corrected chi connectivity index (χ3v) is 3.31. The zero-order valence-corrected chi connectivity index (χ0v) is 12.1. The highest BCUT2D eigenvalue weighted by molar-refractivity contribution is 5.95. The molecule has 7 nitrogen and oxygen atoms in total. The van der Waals surface area contributed by atoms with E-state index in [1.54, 1.807) is 13.8 Å². The normalized spacial score (nSPS) is 23.8. The van der Waals surface area contributed by atoms with Gasteiger partial charge in [-0.1, -0.05) is 13.8 Å². The second-order valence-corrected chi connectivity index (χ2v) is 5.61. The lowest BCUT2D eigenvalue weighted by atomic mass is 10.0. The average Bonchev–Trinajstić information content (AvgIpc) is 2.62. The number of nitrogens with one attached hydrogen (secondary N) is 1. The van der Waals surface area contributed by atoms with Gasteiger partial charge in [0.1, 0.15) is 6.04 Å². The number of rotatable bonds is 5. The van der Waals surface area contributed by atoms with Gasteiger partial charge in [-0.15, -0.1) is 0 Å². The molecule has 0 saturated carbocycles. The van der Waals surface area contributed by atoms with Gasteiger partial charge in [0.05, 0.1) is 0 Å². The molecular formula is C12H18F3N3O4. The van der Waals surface area contributed by atoms with Crippen molar-refractivity contribution in [2.75, 3.05) is 6.54 Å². The average molecular weight is 325 g/mol. The first kappa shape index (κ1) is 18.2. The zero-order chi connectivity index (χ0) is 17.3. The molecule has 1 saturated heterocycles. The van der Waals surface area contributed by atoms with Crippen LogP contribution in [0.1, 0.15) is 26.7 Å². The van der Waals surface area contributed by atoms with Crippen LogP contribution in [0.2, 0.25) is 0 Å². The Hall–Kier alpha value is -1.84. The number of nitrogens with two attached hydrogens (primary N) is 1. The fourth-order valence-corrected chi connectivity index (χ4v) is 2.24. The minimum Gasteiger partial charge on any atom is -0.368 e. The maximum absolute atomic E-state index is 12.2. The summed E-state index contributed by atoms with van der Waals surface area (Å²) in [6, 6.07) is -1.05. The van der Waals surface area contributed by atoms with Crippen molar-refractivity contribution < 1.29 is 32.7 Å².